The van der Waals surface area contributed by atoms with Crippen LogP contribution < -0.4 is 5.32 Å². The molecular weight excluding hydrogens is 290 g/mol. The topological polar surface area (TPSA) is 57.5 Å². The maximum atomic E-state index is 8.85. The highest BCUT2D eigenvalue weighted by Crippen LogP contribution is 2.22. The minimum absolute atomic E-state index is 0.514. The Morgan fingerprint density at radius 2 is 1.96 bits per heavy atom. The Hall–Kier alpha value is -1.45. The van der Waals surface area contributed by atoms with Crippen LogP contribution in [0.2, 0.25) is 0 Å². The zero-order valence-electron chi connectivity index (χ0n) is 13.5. The molecule has 23 heavy (non-hydrogen) atoms. The summed E-state index contributed by atoms with van der Waals surface area (Å²) in [6.45, 7) is 7.26. The molecule has 2 aliphatic rings. The number of nitriles is 1. The molecule has 0 aliphatic carbocycles. The second kappa shape index (κ2) is 8.42. The molecule has 1 aromatic rings. The van der Waals surface area contributed by atoms with E-state index in [1.54, 1.807) is 0 Å². The van der Waals surface area contributed by atoms with E-state index in [0.29, 0.717) is 17.5 Å². The zero-order valence-corrected chi connectivity index (χ0v) is 13.5. The number of morpholine rings is 1. The molecule has 2 atom stereocenters. The van der Waals surface area contributed by atoms with Gasteiger partial charge in [0.05, 0.1) is 31.5 Å². The predicted octanol–water partition coefficient (Wildman–Crippen LogP) is 1.39. The molecule has 124 valence electrons. The highest BCUT2D eigenvalue weighted by atomic mass is 16.5. The molecule has 5 heteroatoms. The van der Waals surface area contributed by atoms with E-state index < -0.39 is 0 Å². The summed E-state index contributed by atoms with van der Waals surface area (Å²) < 4.78 is 11.1. The fourth-order valence-corrected chi connectivity index (χ4v) is 3.42. The van der Waals surface area contributed by atoms with Crippen LogP contribution in [0.1, 0.15) is 17.5 Å². The second-order valence-electron chi connectivity index (χ2n) is 6.28. The summed E-state index contributed by atoms with van der Waals surface area (Å²) in [5, 5.41) is 12.4. The quantitative estimate of drug-likeness (QED) is 0.859. The third-order valence-electron chi connectivity index (χ3n) is 4.79. The number of ether oxygens (including phenoxy) is 2. The van der Waals surface area contributed by atoms with Crippen molar-refractivity contribution in [2.45, 2.75) is 19.0 Å². The monoisotopic (exact) mass is 315 g/mol. The van der Waals surface area contributed by atoms with Gasteiger partial charge in [-0.2, -0.15) is 5.26 Å². The van der Waals surface area contributed by atoms with Gasteiger partial charge in [-0.25, -0.2) is 0 Å². The van der Waals surface area contributed by atoms with Gasteiger partial charge in [0.15, 0.2) is 0 Å². The van der Waals surface area contributed by atoms with Crippen LogP contribution >= 0.6 is 0 Å². The summed E-state index contributed by atoms with van der Waals surface area (Å²) in [4.78, 5) is 2.55. The van der Waals surface area contributed by atoms with Crippen LogP contribution in [0.3, 0.4) is 0 Å². The number of hydrogen-bond acceptors (Lipinski definition) is 5. The van der Waals surface area contributed by atoms with Crippen molar-refractivity contribution in [1.29, 1.82) is 5.26 Å². The van der Waals surface area contributed by atoms with Gasteiger partial charge < -0.3 is 14.8 Å². The molecule has 3 rings (SSSR count). The molecule has 0 spiro atoms. The Bertz CT molecular complexity index is 514. The first-order valence-corrected chi connectivity index (χ1v) is 8.46. The average molecular weight is 315 g/mol. The van der Waals surface area contributed by atoms with Crippen molar-refractivity contribution in [2.24, 2.45) is 5.92 Å². The van der Waals surface area contributed by atoms with Crippen molar-refractivity contribution in [2.75, 3.05) is 46.1 Å². The summed E-state index contributed by atoms with van der Waals surface area (Å²) in [5.41, 5.74) is 1.93. The Kier molecular flexibility index (Phi) is 6.00. The van der Waals surface area contributed by atoms with Gasteiger partial charge in [0.25, 0.3) is 0 Å². The predicted molar refractivity (Wildman–Crippen MR) is 88.0 cm³/mol. The van der Waals surface area contributed by atoms with E-state index in [4.69, 9.17) is 14.7 Å². The van der Waals surface area contributed by atoms with Gasteiger partial charge >= 0.3 is 0 Å². The smallest absolute Gasteiger partial charge is 0.0991 e. The lowest BCUT2D eigenvalue weighted by Crippen LogP contribution is -2.51. The van der Waals surface area contributed by atoms with Crippen LogP contribution in [0.5, 0.6) is 0 Å². The molecule has 0 amide bonds. The molecule has 5 nitrogen and oxygen atoms in total. The minimum Gasteiger partial charge on any atom is -0.381 e. The third kappa shape index (κ3) is 4.52. The van der Waals surface area contributed by atoms with Crippen LogP contribution in [0.25, 0.3) is 0 Å². The summed E-state index contributed by atoms with van der Waals surface area (Å²) in [6.07, 6.45) is 1.15. The summed E-state index contributed by atoms with van der Waals surface area (Å²) in [5.74, 6) is 0.613. The van der Waals surface area contributed by atoms with Gasteiger partial charge in [-0.1, -0.05) is 12.1 Å². The van der Waals surface area contributed by atoms with Crippen molar-refractivity contribution in [3.8, 4) is 6.07 Å². The van der Waals surface area contributed by atoms with Crippen LogP contribution in [0.15, 0.2) is 24.3 Å². The van der Waals surface area contributed by atoms with Crippen molar-refractivity contribution in [1.82, 2.24) is 10.2 Å². The Morgan fingerprint density at radius 1 is 1.17 bits per heavy atom. The van der Waals surface area contributed by atoms with Gasteiger partial charge in [-0.15, -0.1) is 0 Å². The molecule has 1 N–H and O–H groups in total. The fourth-order valence-electron chi connectivity index (χ4n) is 3.42. The number of benzene rings is 1. The number of rotatable bonds is 6. The van der Waals surface area contributed by atoms with E-state index in [-0.39, 0.29) is 0 Å². The van der Waals surface area contributed by atoms with E-state index in [9.17, 15) is 0 Å². The van der Waals surface area contributed by atoms with Crippen molar-refractivity contribution in [3.05, 3.63) is 35.4 Å². The van der Waals surface area contributed by atoms with Gasteiger partial charge in [-0.3, -0.25) is 4.90 Å². The van der Waals surface area contributed by atoms with Crippen LogP contribution in [0, 0.1) is 17.2 Å². The van der Waals surface area contributed by atoms with E-state index in [0.717, 1.165) is 59.0 Å². The lowest BCUT2D eigenvalue weighted by Gasteiger charge is -2.37. The van der Waals surface area contributed by atoms with Gasteiger partial charge in [0.2, 0.25) is 0 Å². The maximum absolute atomic E-state index is 8.85. The molecule has 2 fully saturated rings. The normalized spacial score (nSPS) is 23.5. The molecule has 0 saturated carbocycles. The Morgan fingerprint density at radius 3 is 2.61 bits per heavy atom. The van der Waals surface area contributed by atoms with Crippen LogP contribution in [-0.4, -0.2) is 57.0 Å². The third-order valence-corrected chi connectivity index (χ3v) is 4.79. The van der Waals surface area contributed by atoms with Gasteiger partial charge in [0.1, 0.15) is 0 Å². The largest absolute Gasteiger partial charge is 0.381 e. The fraction of sp³-hybridized carbons (Fsp3) is 0.611. The molecule has 0 bridgehead atoms. The molecule has 2 heterocycles. The van der Waals surface area contributed by atoms with Crippen LogP contribution in [0.4, 0.5) is 0 Å². The molecule has 2 aliphatic heterocycles. The number of hydrogen-bond donors (Lipinski definition) is 1. The van der Waals surface area contributed by atoms with Crippen molar-refractivity contribution in [3.63, 3.8) is 0 Å². The zero-order chi connectivity index (χ0) is 15.9. The van der Waals surface area contributed by atoms with E-state index in [1.165, 1.54) is 5.56 Å². The van der Waals surface area contributed by atoms with Crippen LogP contribution in [-0.2, 0) is 16.0 Å². The van der Waals surface area contributed by atoms with Gasteiger partial charge in [-0.05, 0) is 24.1 Å². The first kappa shape index (κ1) is 16.4. The molecule has 1 aromatic carbocycles. The molecule has 2 unspecified atom stereocenters. The minimum atomic E-state index is 0.514. The number of nitrogens with one attached hydrogen (secondary N) is 1. The standard InChI is InChI=1S/C18H25N3O2/c19-11-15-1-3-16(4-2-15)12-20-13-18(17-5-8-23-14-17)21-6-9-22-10-7-21/h1-4,17-18,20H,5-10,12-14H2. The summed E-state index contributed by atoms with van der Waals surface area (Å²) in [6, 6.07) is 10.5. The molecule has 0 aromatic heterocycles. The lowest BCUT2D eigenvalue weighted by molar-refractivity contribution is 0.00137. The second-order valence-corrected chi connectivity index (χ2v) is 6.28. The first-order chi connectivity index (χ1) is 11.4. The molecular formula is C18H25N3O2. The number of nitrogens with zero attached hydrogens (tertiary/aromatic N) is 2. The average Bonchev–Trinajstić information content (AvgIpc) is 3.14. The van der Waals surface area contributed by atoms with Crippen molar-refractivity contribution < 1.29 is 9.47 Å². The summed E-state index contributed by atoms with van der Waals surface area (Å²) >= 11 is 0. The SMILES string of the molecule is N#Cc1ccc(CNCC(C2CCOC2)N2CCOCC2)cc1. The molecule has 0 radical (unpaired) electrons. The highest BCUT2D eigenvalue weighted by Gasteiger charge is 2.31. The lowest BCUT2D eigenvalue weighted by atomic mass is 9.96. The van der Waals surface area contributed by atoms with Crippen molar-refractivity contribution >= 4 is 0 Å². The highest BCUT2D eigenvalue weighted by molar-refractivity contribution is 5.31. The first-order valence-electron chi connectivity index (χ1n) is 8.46. The van der Waals surface area contributed by atoms with E-state index in [2.05, 4.69) is 16.3 Å². The summed E-state index contributed by atoms with van der Waals surface area (Å²) in [7, 11) is 0. The maximum Gasteiger partial charge on any atom is 0.0991 e. The van der Waals surface area contributed by atoms with Gasteiger partial charge in [0, 0.05) is 44.7 Å². The Balaban J connectivity index is 1.53. The molecule has 2 saturated heterocycles. The van der Waals surface area contributed by atoms with E-state index in [1.807, 2.05) is 24.3 Å². The Labute approximate surface area is 138 Å². The van der Waals surface area contributed by atoms with E-state index >= 15 is 0 Å².